The Balaban J connectivity index is 2.04. The largest absolute Gasteiger partial charge is 0.454 e. The minimum absolute atomic E-state index is 0.0321. The van der Waals surface area contributed by atoms with Gasteiger partial charge in [-0.1, -0.05) is 23.7 Å². The topological polar surface area (TPSA) is 99.4 Å². The molecule has 22 heavy (non-hydrogen) atoms. The Bertz CT molecular complexity index is 748. The van der Waals surface area contributed by atoms with E-state index >= 15 is 0 Å². The molecular formula is C14H9ClN2O5. The van der Waals surface area contributed by atoms with E-state index in [1.54, 1.807) is 0 Å². The number of pyridine rings is 1. The van der Waals surface area contributed by atoms with Crippen LogP contribution in [0.25, 0.3) is 0 Å². The van der Waals surface area contributed by atoms with Crippen molar-refractivity contribution in [2.45, 2.75) is 0 Å². The molecule has 0 aliphatic heterocycles. The van der Waals surface area contributed by atoms with Crippen molar-refractivity contribution >= 4 is 29.0 Å². The molecule has 0 radical (unpaired) electrons. The van der Waals surface area contributed by atoms with Gasteiger partial charge >= 0.3 is 5.97 Å². The van der Waals surface area contributed by atoms with Gasteiger partial charge in [0.1, 0.15) is 5.15 Å². The number of Topliss-reactive ketones (excluding diaryl/α,β-unsaturated/α-hetero) is 1. The van der Waals surface area contributed by atoms with Gasteiger partial charge in [0.05, 0.1) is 10.5 Å². The summed E-state index contributed by atoms with van der Waals surface area (Å²) in [6.45, 7) is -0.550. The molecule has 7 nitrogen and oxygen atoms in total. The monoisotopic (exact) mass is 320 g/mol. The average Bonchev–Trinajstić information content (AvgIpc) is 2.52. The fraction of sp³-hybridized carbons (Fsp3) is 0.0714. The molecule has 1 heterocycles. The first-order valence-corrected chi connectivity index (χ1v) is 6.42. The van der Waals surface area contributed by atoms with E-state index in [1.807, 2.05) is 0 Å². The van der Waals surface area contributed by atoms with Crippen LogP contribution in [0.1, 0.15) is 20.7 Å². The van der Waals surface area contributed by atoms with Crippen molar-refractivity contribution in [1.29, 1.82) is 0 Å². The molecule has 0 aliphatic carbocycles. The zero-order valence-corrected chi connectivity index (χ0v) is 11.8. The van der Waals surface area contributed by atoms with Crippen LogP contribution in [0.5, 0.6) is 0 Å². The predicted octanol–water partition coefficient (Wildman–Crippen LogP) is 2.68. The van der Waals surface area contributed by atoms with Crippen molar-refractivity contribution in [2.75, 3.05) is 6.61 Å². The molecule has 0 bridgehead atoms. The first-order valence-electron chi connectivity index (χ1n) is 6.04. The number of nitrogens with zero attached hydrogens (tertiary/aromatic N) is 2. The van der Waals surface area contributed by atoms with Gasteiger partial charge in [-0.25, -0.2) is 9.78 Å². The fourth-order valence-electron chi connectivity index (χ4n) is 1.62. The Kier molecular flexibility index (Phi) is 4.80. The number of nitro benzene ring substituents is 1. The van der Waals surface area contributed by atoms with Crippen LogP contribution in [0, 0.1) is 10.1 Å². The van der Waals surface area contributed by atoms with Gasteiger partial charge in [0, 0.05) is 23.9 Å². The minimum atomic E-state index is -0.795. The smallest absolute Gasteiger partial charge is 0.341 e. The molecule has 0 saturated heterocycles. The van der Waals surface area contributed by atoms with Crippen molar-refractivity contribution in [3.05, 3.63) is 69.0 Å². The van der Waals surface area contributed by atoms with E-state index in [1.165, 1.54) is 36.5 Å². The maximum atomic E-state index is 11.9. The summed E-state index contributed by atoms with van der Waals surface area (Å²) < 4.78 is 4.84. The highest BCUT2D eigenvalue weighted by atomic mass is 35.5. The van der Waals surface area contributed by atoms with Crippen molar-refractivity contribution in [2.24, 2.45) is 0 Å². The summed E-state index contributed by atoms with van der Waals surface area (Å²) in [6, 6.07) is 8.08. The number of esters is 1. The van der Waals surface area contributed by atoms with E-state index in [-0.39, 0.29) is 22.0 Å². The van der Waals surface area contributed by atoms with Crippen LogP contribution >= 0.6 is 11.6 Å². The van der Waals surface area contributed by atoms with Crippen molar-refractivity contribution in [3.8, 4) is 0 Å². The number of nitro groups is 1. The number of ketones is 1. The van der Waals surface area contributed by atoms with E-state index in [0.29, 0.717) is 0 Å². The SMILES string of the molecule is O=C(COC(=O)c1cccnc1Cl)c1cccc([N+](=O)[O-])c1. The molecule has 8 heteroatoms. The summed E-state index contributed by atoms with van der Waals surface area (Å²) in [5, 5.41) is 10.6. The van der Waals surface area contributed by atoms with Crippen molar-refractivity contribution < 1.29 is 19.2 Å². The van der Waals surface area contributed by atoms with Gasteiger partial charge in [0.25, 0.3) is 5.69 Å². The summed E-state index contributed by atoms with van der Waals surface area (Å²) in [6.07, 6.45) is 1.41. The highest BCUT2D eigenvalue weighted by Gasteiger charge is 2.16. The highest BCUT2D eigenvalue weighted by Crippen LogP contribution is 2.15. The van der Waals surface area contributed by atoms with Gasteiger partial charge in [-0.3, -0.25) is 14.9 Å². The summed E-state index contributed by atoms with van der Waals surface area (Å²) in [4.78, 5) is 37.4. The Morgan fingerprint density at radius 3 is 2.73 bits per heavy atom. The van der Waals surface area contributed by atoms with E-state index in [2.05, 4.69) is 4.98 Å². The van der Waals surface area contributed by atoms with E-state index in [9.17, 15) is 19.7 Å². The molecule has 0 amide bonds. The summed E-state index contributed by atoms with van der Waals surface area (Å²) >= 11 is 5.74. The van der Waals surface area contributed by atoms with Gasteiger partial charge in [-0.2, -0.15) is 0 Å². The number of hydrogen-bond acceptors (Lipinski definition) is 6. The zero-order valence-electron chi connectivity index (χ0n) is 11.1. The molecule has 0 saturated carbocycles. The van der Waals surface area contributed by atoms with E-state index in [4.69, 9.17) is 16.3 Å². The van der Waals surface area contributed by atoms with Crippen LogP contribution in [-0.4, -0.2) is 28.3 Å². The third-order valence-corrected chi connectivity index (χ3v) is 2.99. The number of carbonyl (C=O) groups excluding carboxylic acids is 2. The number of benzene rings is 1. The fourth-order valence-corrected chi connectivity index (χ4v) is 1.82. The van der Waals surface area contributed by atoms with Crippen LogP contribution in [-0.2, 0) is 4.74 Å². The molecule has 2 aromatic rings. The molecular weight excluding hydrogens is 312 g/mol. The first kappa shape index (κ1) is 15.6. The second-order valence-corrected chi connectivity index (χ2v) is 4.51. The molecule has 0 N–H and O–H groups in total. The average molecular weight is 321 g/mol. The normalized spacial score (nSPS) is 10.0. The van der Waals surface area contributed by atoms with E-state index < -0.39 is 23.3 Å². The molecule has 112 valence electrons. The lowest BCUT2D eigenvalue weighted by atomic mass is 10.1. The predicted molar refractivity (Wildman–Crippen MR) is 77.0 cm³/mol. The van der Waals surface area contributed by atoms with Crippen LogP contribution in [0.15, 0.2) is 42.6 Å². The van der Waals surface area contributed by atoms with Gasteiger partial charge in [-0.15, -0.1) is 0 Å². The van der Waals surface area contributed by atoms with Gasteiger partial charge in [0.15, 0.2) is 6.61 Å². The Labute approximate surface area is 129 Å². The molecule has 0 aliphatic rings. The number of hydrogen-bond donors (Lipinski definition) is 0. The molecule has 1 aromatic carbocycles. The third kappa shape index (κ3) is 3.64. The number of carbonyl (C=O) groups is 2. The zero-order chi connectivity index (χ0) is 16.1. The third-order valence-electron chi connectivity index (χ3n) is 2.69. The van der Waals surface area contributed by atoms with Crippen LogP contribution in [0.4, 0.5) is 5.69 Å². The Morgan fingerprint density at radius 1 is 1.27 bits per heavy atom. The Hall–Kier alpha value is -2.80. The van der Waals surface area contributed by atoms with Crippen molar-refractivity contribution in [3.63, 3.8) is 0 Å². The summed E-state index contributed by atoms with van der Waals surface area (Å²) in [7, 11) is 0. The number of rotatable bonds is 5. The second-order valence-electron chi connectivity index (χ2n) is 4.15. The summed E-state index contributed by atoms with van der Waals surface area (Å²) in [5.41, 5.74) is -0.0947. The molecule has 0 atom stereocenters. The number of aromatic nitrogens is 1. The van der Waals surface area contributed by atoms with Crippen LogP contribution in [0.3, 0.4) is 0 Å². The van der Waals surface area contributed by atoms with Crippen LogP contribution < -0.4 is 0 Å². The van der Waals surface area contributed by atoms with Gasteiger partial charge in [-0.05, 0) is 12.1 Å². The number of non-ortho nitro benzene ring substituents is 1. The molecule has 0 spiro atoms. The summed E-state index contributed by atoms with van der Waals surface area (Å²) in [5.74, 6) is -1.35. The molecule has 0 fully saturated rings. The quantitative estimate of drug-likeness (QED) is 0.276. The second kappa shape index (κ2) is 6.77. The lowest BCUT2D eigenvalue weighted by Gasteiger charge is -2.05. The lowest BCUT2D eigenvalue weighted by Crippen LogP contribution is -2.15. The van der Waals surface area contributed by atoms with Crippen molar-refractivity contribution in [1.82, 2.24) is 4.98 Å². The van der Waals surface area contributed by atoms with Gasteiger partial charge < -0.3 is 4.74 Å². The maximum absolute atomic E-state index is 11.9. The first-order chi connectivity index (χ1) is 10.5. The standard InChI is InChI=1S/C14H9ClN2O5/c15-13-11(5-2-6-16-13)14(19)22-8-12(18)9-3-1-4-10(7-9)17(20)21/h1-7H,8H2. The molecule has 2 rings (SSSR count). The minimum Gasteiger partial charge on any atom is -0.454 e. The van der Waals surface area contributed by atoms with Crippen LogP contribution in [0.2, 0.25) is 5.15 Å². The van der Waals surface area contributed by atoms with E-state index in [0.717, 1.165) is 6.07 Å². The number of ether oxygens (including phenoxy) is 1. The number of halogens is 1. The highest BCUT2D eigenvalue weighted by molar-refractivity contribution is 6.32. The Morgan fingerprint density at radius 2 is 2.05 bits per heavy atom. The van der Waals surface area contributed by atoms with Gasteiger partial charge in [0.2, 0.25) is 5.78 Å². The molecule has 0 unspecified atom stereocenters. The lowest BCUT2D eigenvalue weighted by molar-refractivity contribution is -0.384. The molecule has 1 aromatic heterocycles. The maximum Gasteiger partial charge on any atom is 0.341 e.